The first kappa shape index (κ1) is 20.6. The molecule has 2 nitrogen and oxygen atoms in total. The third-order valence-corrected chi connectivity index (χ3v) is 12.3. The number of hydrogen-bond donors (Lipinski definition) is 0. The smallest absolute Gasteiger partial charge is 0.173 e. The van der Waals surface area contributed by atoms with Crippen molar-refractivity contribution < 1.29 is 4.12 Å². The Morgan fingerprint density at radius 3 is 1.81 bits per heavy atom. The first-order valence-electron chi connectivity index (χ1n) is 9.54. The molecule has 0 spiro atoms. The van der Waals surface area contributed by atoms with Gasteiger partial charge in [0, 0.05) is 0 Å². The number of benzene rings is 2. The van der Waals surface area contributed by atoms with Crippen molar-refractivity contribution in [3.63, 3.8) is 0 Å². The zero-order valence-corrected chi connectivity index (χ0v) is 18.8. The van der Waals surface area contributed by atoms with E-state index in [1.54, 1.807) is 0 Å². The first-order valence-corrected chi connectivity index (χ1v) is 15.8. The zero-order valence-electron chi connectivity index (χ0n) is 16.8. The summed E-state index contributed by atoms with van der Waals surface area (Å²) in [5.41, 5.74) is 4.43. The molecule has 0 fully saturated rings. The Labute approximate surface area is 161 Å². The van der Waals surface area contributed by atoms with Gasteiger partial charge in [0.15, 0.2) is 16.6 Å². The predicted molar refractivity (Wildman–Crippen MR) is 116 cm³/mol. The van der Waals surface area contributed by atoms with Crippen molar-refractivity contribution in [1.29, 1.82) is 5.26 Å². The zero-order chi connectivity index (χ0) is 19.2. The van der Waals surface area contributed by atoms with Crippen LogP contribution in [0.4, 0.5) is 0 Å². The summed E-state index contributed by atoms with van der Waals surface area (Å²) in [5, 5.41) is 8.91. The predicted octanol–water partition coefficient (Wildman–Crippen LogP) is 6.60. The molecule has 0 N–H and O–H groups in total. The topological polar surface area (TPSA) is 33.0 Å². The highest BCUT2D eigenvalue weighted by Gasteiger charge is 2.31. The molecule has 0 aliphatic rings. The second-order valence-corrected chi connectivity index (χ2v) is 17.1. The number of aryl methyl sites for hydroxylation is 1. The lowest BCUT2D eigenvalue weighted by Crippen LogP contribution is -2.44. The third-order valence-electron chi connectivity index (χ3n) is 4.72. The molecule has 0 aliphatic carbocycles. The molecule has 4 heteroatoms. The monoisotopic (exact) mass is 381 g/mol. The van der Waals surface area contributed by atoms with E-state index in [1.165, 1.54) is 29.6 Å². The van der Waals surface area contributed by atoms with Gasteiger partial charge in [0.05, 0.1) is 11.6 Å². The van der Waals surface area contributed by atoms with Crippen molar-refractivity contribution in [2.45, 2.75) is 58.0 Å². The molecule has 2 aromatic carbocycles. The standard InChI is InChI=1S/C22H31NOSi2/c1-6-16-25(2,3)24-26(4,5)17-15-19-7-11-21(12-8-19)22-13-9-20(18-23)10-14-22/h7-14H,6,15-17H2,1-5H3. The minimum Gasteiger partial charge on any atom is -0.455 e. The Morgan fingerprint density at radius 1 is 0.808 bits per heavy atom. The highest BCUT2D eigenvalue weighted by Crippen LogP contribution is 2.25. The van der Waals surface area contributed by atoms with Crippen LogP contribution in [0, 0.1) is 11.3 Å². The molecule has 0 unspecified atom stereocenters. The SMILES string of the molecule is CCC[Si](C)(C)O[Si](C)(C)CCc1ccc(-c2ccc(C#N)cc2)cc1. The Bertz CT molecular complexity index is 743. The Morgan fingerprint density at radius 2 is 1.31 bits per heavy atom. The number of hydrogen-bond acceptors (Lipinski definition) is 2. The highest BCUT2D eigenvalue weighted by atomic mass is 28.4. The van der Waals surface area contributed by atoms with Crippen LogP contribution in [0.1, 0.15) is 24.5 Å². The number of nitrogens with zero attached hydrogens (tertiary/aromatic N) is 1. The lowest BCUT2D eigenvalue weighted by atomic mass is 10.0. The van der Waals surface area contributed by atoms with Crippen molar-refractivity contribution in [2.24, 2.45) is 0 Å². The van der Waals surface area contributed by atoms with E-state index in [-0.39, 0.29) is 0 Å². The maximum atomic E-state index is 8.91. The lowest BCUT2D eigenvalue weighted by molar-refractivity contribution is 0.535. The molecule has 138 valence electrons. The van der Waals surface area contributed by atoms with Crippen LogP contribution < -0.4 is 0 Å². The van der Waals surface area contributed by atoms with Crippen molar-refractivity contribution >= 4 is 16.6 Å². The van der Waals surface area contributed by atoms with Crippen molar-refractivity contribution in [3.8, 4) is 17.2 Å². The quantitative estimate of drug-likeness (QED) is 0.482. The molecule has 0 atom stereocenters. The molecule has 0 heterocycles. The molecule has 0 radical (unpaired) electrons. The average Bonchev–Trinajstić information content (AvgIpc) is 2.59. The summed E-state index contributed by atoms with van der Waals surface area (Å²) in [6.45, 7) is 11.7. The van der Waals surface area contributed by atoms with Gasteiger partial charge in [-0.1, -0.05) is 49.7 Å². The van der Waals surface area contributed by atoms with Crippen LogP contribution in [0.25, 0.3) is 11.1 Å². The minimum atomic E-state index is -1.62. The molecule has 0 aromatic heterocycles. The molecule has 2 aromatic rings. The van der Waals surface area contributed by atoms with E-state index in [0.717, 1.165) is 12.0 Å². The average molecular weight is 382 g/mol. The molecule has 0 saturated carbocycles. The van der Waals surface area contributed by atoms with Crippen molar-refractivity contribution in [2.75, 3.05) is 0 Å². The summed E-state index contributed by atoms with van der Waals surface area (Å²) in [5.74, 6) is 0. The van der Waals surface area contributed by atoms with Crippen LogP contribution in [-0.2, 0) is 10.5 Å². The van der Waals surface area contributed by atoms with Gasteiger partial charge in [0.1, 0.15) is 0 Å². The van der Waals surface area contributed by atoms with E-state index in [1.807, 2.05) is 24.3 Å². The molecule has 0 bridgehead atoms. The van der Waals surface area contributed by atoms with Crippen LogP contribution in [0.5, 0.6) is 0 Å². The largest absolute Gasteiger partial charge is 0.455 e. The fraction of sp³-hybridized carbons (Fsp3) is 0.409. The maximum absolute atomic E-state index is 8.91. The van der Waals surface area contributed by atoms with Gasteiger partial charge in [0.25, 0.3) is 0 Å². The Kier molecular flexibility index (Phi) is 6.99. The molecular formula is C22H31NOSi2. The normalized spacial score (nSPS) is 12.0. The fourth-order valence-electron chi connectivity index (χ4n) is 3.50. The molecule has 0 aliphatic heterocycles. The van der Waals surface area contributed by atoms with E-state index >= 15 is 0 Å². The number of nitriles is 1. The van der Waals surface area contributed by atoms with Crippen LogP contribution in [-0.4, -0.2) is 16.6 Å². The lowest BCUT2D eigenvalue weighted by Gasteiger charge is -2.34. The summed E-state index contributed by atoms with van der Waals surface area (Å²) < 4.78 is 6.65. The summed E-state index contributed by atoms with van der Waals surface area (Å²) in [7, 11) is -3.11. The van der Waals surface area contributed by atoms with Gasteiger partial charge in [-0.3, -0.25) is 0 Å². The number of rotatable bonds is 8. The van der Waals surface area contributed by atoms with Crippen LogP contribution in [0.2, 0.25) is 38.3 Å². The van der Waals surface area contributed by atoms with Gasteiger partial charge in [-0.25, -0.2) is 0 Å². The van der Waals surface area contributed by atoms with E-state index in [0.29, 0.717) is 5.56 Å². The fourth-order valence-corrected chi connectivity index (χ4v) is 12.4. The van der Waals surface area contributed by atoms with E-state index < -0.39 is 16.6 Å². The molecule has 2 rings (SSSR count). The van der Waals surface area contributed by atoms with Crippen LogP contribution >= 0.6 is 0 Å². The maximum Gasteiger partial charge on any atom is 0.173 e. The second kappa shape index (κ2) is 8.81. The van der Waals surface area contributed by atoms with Gasteiger partial charge in [-0.15, -0.1) is 0 Å². The van der Waals surface area contributed by atoms with Crippen LogP contribution in [0.15, 0.2) is 48.5 Å². The van der Waals surface area contributed by atoms with E-state index in [9.17, 15) is 0 Å². The van der Waals surface area contributed by atoms with Crippen molar-refractivity contribution in [1.82, 2.24) is 0 Å². The van der Waals surface area contributed by atoms with Gasteiger partial charge >= 0.3 is 0 Å². The van der Waals surface area contributed by atoms with Crippen LogP contribution in [0.3, 0.4) is 0 Å². The Hall–Kier alpha value is -1.68. The van der Waals surface area contributed by atoms with Gasteiger partial charge in [-0.2, -0.15) is 5.26 Å². The van der Waals surface area contributed by atoms with Crippen molar-refractivity contribution in [3.05, 3.63) is 59.7 Å². The summed E-state index contributed by atoms with van der Waals surface area (Å²) >= 11 is 0. The second-order valence-electron chi connectivity index (χ2n) is 8.26. The Balaban J connectivity index is 1.97. The summed E-state index contributed by atoms with van der Waals surface area (Å²) in [6, 6.07) is 21.2. The van der Waals surface area contributed by atoms with E-state index in [4.69, 9.17) is 9.38 Å². The van der Waals surface area contributed by atoms with Gasteiger partial charge < -0.3 is 4.12 Å². The van der Waals surface area contributed by atoms with Gasteiger partial charge in [-0.05, 0) is 73.5 Å². The van der Waals surface area contributed by atoms with E-state index in [2.05, 4.69) is 63.4 Å². The summed E-state index contributed by atoms with van der Waals surface area (Å²) in [6.07, 6.45) is 2.31. The third kappa shape index (κ3) is 6.24. The molecule has 0 saturated heterocycles. The molecule has 0 amide bonds. The summed E-state index contributed by atoms with van der Waals surface area (Å²) in [4.78, 5) is 0. The highest BCUT2D eigenvalue weighted by molar-refractivity contribution is 6.84. The first-order chi connectivity index (χ1) is 12.2. The minimum absolute atomic E-state index is 0.701. The molecular weight excluding hydrogens is 350 g/mol. The molecule has 26 heavy (non-hydrogen) atoms. The van der Waals surface area contributed by atoms with Gasteiger partial charge in [0.2, 0.25) is 0 Å².